The molecule has 2 aromatic heterocycles. The Hall–Kier alpha value is -3.61. The third-order valence-corrected chi connectivity index (χ3v) is 5.98. The maximum Gasteiger partial charge on any atom is 0.321 e. The minimum absolute atomic E-state index is 0.0888. The second-order valence-corrected chi connectivity index (χ2v) is 8.52. The Labute approximate surface area is 187 Å². The monoisotopic (exact) mass is 429 g/mol. The third-order valence-electron chi connectivity index (χ3n) is 5.98. The number of urea groups is 1. The van der Waals surface area contributed by atoms with Gasteiger partial charge in [0, 0.05) is 24.5 Å². The van der Waals surface area contributed by atoms with Crippen LogP contribution in [-0.2, 0) is 6.54 Å². The SMILES string of the molecule is Cc1cc(C)n(Cc2cccc(NC(=O)N3CCCC(c4nc5ccccc5o4)C3)c2)n1. The van der Waals surface area contributed by atoms with Crippen LogP contribution in [0, 0.1) is 13.8 Å². The first-order chi connectivity index (χ1) is 15.5. The zero-order valence-corrected chi connectivity index (χ0v) is 18.4. The number of carbonyl (C=O) groups is 1. The van der Waals surface area contributed by atoms with Crippen molar-refractivity contribution in [2.24, 2.45) is 0 Å². The number of hydrogen-bond acceptors (Lipinski definition) is 4. The van der Waals surface area contributed by atoms with Crippen LogP contribution in [0.4, 0.5) is 10.5 Å². The molecule has 164 valence electrons. The first kappa shape index (κ1) is 20.3. The molecule has 1 N–H and O–H groups in total. The summed E-state index contributed by atoms with van der Waals surface area (Å²) in [7, 11) is 0. The largest absolute Gasteiger partial charge is 0.440 e. The Morgan fingerprint density at radius 1 is 1.16 bits per heavy atom. The number of aryl methyl sites for hydroxylation is 2. The van der Waals surface area contributed by atoms with Gasteiger partial charge >= 0.3 is 6.03 Å². The summed E-state index contributed by atoms with van der Waals surface area (Å²) >= 11 is 0. The minimum Gasteiger partial charge on any atom is -0.440 e. The van der Waals surface area contributed by atoms with Crippen LogP contribution in [0.25, 0.3) is 11.1 Å². The maximum absolute atomic E-state index is 13.0. The van der Waals surface area contributed by atoms with Gasteiger partial charge in [-0.3, -0.25) is 4.68 Å². The molecular formula is C25H27N5O2. The third kappa shape index (κ3) is 4.23. The Morgan fingerprint density at radius 2 is 2.03 bits per heavy atom. The number of para-hydroxylation sites is 2. The molecule has 1 aliphatic heterocycles. The van der Waals surface area contributed by atoms with Crippen molar-refractivity contribution in [3.8, 4) is 0 Å². The molecule has 1 atom stereocenters. The molecule has 0 aliphatic carbocycles. The molecule has 1 saturated heterocycles. The lowest BCUT2D eigenvalue weighted by Crippen LogP contribution is -2.41. The van der Waals surface area contributed by atoms with Crippen LogP contribution in [0.15, 0.2) is 59.0 Å². The van der Waals surface area contributed by atoms with Crippen LogP contribution in [0.5, 0.6) is 0 Å². The molecule has 7 nitrogen and oxygen atoms in total. The molecule has 1 unspecified atom stereocenters. The average Bonchev–Trinajstić information content (AvgIpc) is 3.36. The van der Waals surface area contributed by atoms with Crippen LogP contribution in [-0.4, -0.2) is 38.8 Å². The highest BCUT2D eigenvalue weighted by Crippen LogP contribution is 2.29. The van der Waals surface area contributed by atoms with E-state index in [1.165, 1.54) is 0 Å². The van der Waals surface area contributed by atoms with Crippen LogP contribution < -0.4 is 5.32 Å². The van der Waals surface area contributed by atoms with Gasteiger partial charge in [0.15, 0.2) is 11.5 Å². The molecule has 0 saturated carbocycles. The van der Waals surface area contributed by atoms with Crippen molar-refractivity contribution in [3.05, 3.63) is 77.4 Å². The number of hydrogen-bond donors (Lipinski definition) is 1. The lowest BCUT2D eigenvalue weighted by Gasteiger charge is -2.31. The Balaban J connectivity index is 1.26. The molecule has 7 heteroatoms. The number of piperidine rings is 1. The summed E-state index contributed by atoms with van der Waals surface area (Å²) in [5.74, 6) is 0.829. The zero-order chi connectivity index (χ0) is 22.1. The van der Waals surface area contributed by atoms with Gasteiger partial charge in [-0.15, -0.1) is 0 Å². The minimum atomic E-state index is -0.0888. The van der Waals surface area contributed by atoms with E-state index in [2.05, 4.69) is 34.5 Å². The van der Waals surface area contributed by atoms with Gasteiger partial charge in [0.05, 0.1) is 18.2 Å². The summed E-state index contributed by atoms with van der Waals surface area (Å²) in [4.78, 5) is 19.5. The van der Waals surface area contributed by atoms with Crippen molar-refractivity contribution in [3.63, 3.8) is 0 Å². The average molecular weight is 430 g/mol. The summed E-state index contributed by atoms with van der Waals surface area (Å²) < 4.78 is 7.94. The van der Waals surface area contributed by atoms with Gasteiger partial charge in [-0.1, -0.05) is 24.3 Å². The molecule has 1 fully saturated rings. The molecule has 32 heavy (non-hydrogen) atoms. The predicted molar refractivity (Wildman–Crippen MR) is 124 cm³/mol. The van der Waals surface area contributed by atoms with Crippen molar-refractivity contribution < 1.29 is 9.21 Å². The molecule has 0 spiro atoms. The number of oxazole rings is 1. The number of anilines is 1. The van der Waals surface area contributed by atoms with E-state index in [0.717, 1.165) is 59.0 Å². The van der Waals surface area contributed by atoms with E-state index in [4.69, 9.17) is 4.42 Å². The van der Waals surface area contributed by atoms with E-state index in [1.54, 1.807) is 0 Å². The molecule has 2 aromatic carbocycles. The van der Waals surface area contributed by atoms with Gasteiger partial charge < -0.3 is 14.6 Å². The van der Waals surface area contributed by atoms with Crippen LogP contribution in [0.1, 0.15) is 41.6 Å². The molecule has 0 bridgehead atoms. The number of likely N-dealkylation sites (tertiary alicyclic amines) is 1. The van der Waals surface area contributed by atoms with Crippen molar-refractivity contribution in [1.82, 2.24) is 19.7 Å². The predicted octanol–water partition coefficient (Wildman–Crippen LogP) is 5.10. The molecule has 1 aliphatic rings. The summed E-state index contributed by atoms with van der Waals surface area (Å²) in [6.45, 7) is 6.05. The molecule has 0 radical (unpaired) electrons. The molecule has 4 aromatic rings. The highest BCUT2D eigenvalue weighted by molar-refractivity contribution is 5.89. The number of aromatic nitrogens is 3. The van der Waals surface area contributed by atoms with E-state index >= 15 is 0 Å². The lowest BCUT2D eigenvalue weighted by atomic mass is 9.98. The summed E-state index contributed by atoms with van der Waals surface area (Å²) in [6.07, 6.45) is 1.89. The van der Waals surface area contributed by atoms with E-state index in [-0.39, 0.29) is 11.9 Å². The standard InChI is InChI=1S/C25H27N5O2/c1-17-13-18(2)30(28-17)15-19-7-5-9-21(14-19)26-25(31)29-12-6-8-20(16-29)24-27-22-10-3-4-11-23(22)32-24/h3-5,7,9-11,13-14,20H,6,8,12,15-16H2,1-2H3,(H,26,31). The maximum atomic E-state index is 13.0. The van der Waals surface area contributed by atoms with Crippen molar-refractivity contribution >= 4 is 22.8 Å². The molecule has 3 heterocycles. The Kier molecular flexibility index (Phi) is 5.39. The van der Waals surface area contributed by atoms with Crippen molar-refractivity contribution in [2.45, 2.75) is 39.2 Å². The van der Waals surface area contributed by atoms with Gasteiger partial charge in [-0.25, -0.2) is 9.78 Å². The lowest BCUT2D eigenvalue weighted by molar-refractivity contribution is 0.187. The molecule has 5 rings (SSSR count). The number of benzene rings is 2. The van der Waals surface area contributed by atoms with E-state index < -0.39 is 0 Å². The fourth-order valence-corrected chi connectivity index (χ4v) is 4.39. The number of fused-ring (bicyclic) bond motifs is 1. The van der Waals surface area contributed by atoms with Gasteiger partial charge in [-0.05, 0) is 62.6 Å². The second-order valence-electron chi connectivity index (χ2n) is 8.52. The van der Waals surface area contributed by atoms with E-state index in [9.17, 15) is 4.79 Å². The molecular weight excluding hydrogens is 402 g/mol. The number of carbonyl (C=O) groups excluding carboxylic acids is 1. The molecule has 2 amide bonds. The number of amides is 2. The van der Waals surface area contributed by atoms with Crippen molar-refractivity contribution in [1.29, 1.82) is 0 Å². The normalized spacial score (nSPS) is 16.4. The second kappa shape index (κ2) is 8.49. The number of rotatable bonds is 4. The number of nitrogens with zero attached hydrogens (tertiary/aromatic N) is 4. The quantitative estimate of drug-likeness (QED) is 0.490. The summed E-state index contributed by atoms with van der Waals surface area (Å²) in [5.41, 5.74) is 5.67. The fourth-order valence-electron chi connectivity index (χ4n) is 4.39. The fraction of sp³-hybridized carbons (Fsp3) is 0.320. The Morgan fingerprint density at radius 3 is 2.84 bits per heavy atom. The van der Waals surface area contributed by atoms with Gasteiger partial charge in [-0.2, -0.15) is 5.10 Å². The summed E-state index contributed by atoms with van der Waals surface area (Å²) in [5, 5.41) is 7.59. The van der Waals surface area contributed by atoms with Gasteiger partial charge in [0.25, 0.3) is 0 Å². The smallest absolute Gasteiger partial charge is 0.321 e. The summed E-state index contributed by atoms with van der Waals surface area (Å²) in [6, 6.07) is 17.7. The van der Waals surface area contributed by atoms with E-state index in [0.29, 0.717) is 13.1 Å². The highest BCUT2D eigenvalue weighted by atomic mass is 16.3. The number of nitrogens with one attached hydrogen (secondary N) is 1. The van der Waals surface area contributed by atoms with Gasteiger partial charge in [0.1, 0.15) is 5.52 Å². The van der Waals surface area contributed by atoms with Crippen molar-refractivity contribution in [2.75, 3.05) is 18.4 Å². The van der Waals surface area contributed by atoms with Gasteiger partial charge in [0.2, 0.25) is 0 Å². The first-order valence-electron chi connectivity index (χ1n) is 11.1. The first-order valence-corrected chi connectivity index (χ1v) is 11.1. The topological polar surface area (TPSA) is 76.2 Å². The Bertz CT molecular complexity index is 1230. The van der Waals surface area contributed by atoms with E-state index in [1.807, 2.05) is 59.0 Å². The van der Waals surface area contributed by atoms with Crippen LogP contribution in [0.3, 0.4) is 0 Å². The highest BCUT2D eigenvalue weighted by Gasteiger charge is 2.28. The van der Waals surface area contributed by atoms with Crippen LogP contribution in [0.2, 0.25) is 0 Å². The van der Waals surface area contributed by atoms with Crippen LogP contribution >= 0.6 is 0 Å². The zero-order valence-electron chi connectivity index (χ0n) is 18.4.